The average Bonchev–Trinajstić information content (AvgIpc) is 2.95. The van der Waals surface area contributed by atoms with Crippen LogP contribution in [0.5, 0.6) is 5.88 Å². The van der Waals surface area contributed by atoms with E-state index in [1.807, 2.05) is 12.1 Å². The Balaban J connectivity index is 1.95. The summed E-state index contributed by atoms with van der Waals surface area (Å²) in [5.41, 5.74) is 0.905. The van der Waals surface area contributed by atoms with Gasteiger partial charge in [-0.3, -0.25) is 0 Å². The van der Waals surface area contributed by atoms with E-state index in [9.17, 15) is 0 Å². The molecule has 1 N–H and O–H groups in total. The minimum Gasteiger partial charge on any atom is -0.480 e. The van der Waals surface area contributed by atoms with Crippen LogP contribution in [0.1, 0.15) is 24.8 Å². The third-order valence-corrected chi connectivity index (χ3v) is 3.85. The fraction of sp³-hybridized carbons (Fsp3) is 0.500. The maximum Gasteiger partial charge on any atom is 0.223 e. The number of ether oxygens (including phenoxy) is 1. The van der Waals surface area contributed by atoms with Gasteiger partial charge in [0.2, 0.25) is 5.88 Å². The van der Waals surface area contributed by atoms with Crippen molar-refractivity contribution in [3.63, 3.8) is 0 Å². The van der Waals surface area contributed by atoms with Crippen LogP contribution in [0.4, 0.5) is 0 Å². The predicted molar refractivity (Wildman–Crippen MR) is 81.2 cm³/mol. The number of rotatable bonds is 8. The maximum absolute atomic E-state index is 5.25. The molecule has 0 amide bonds. The largest absolute Gasteiger partial charge is 0.480 e. The Morgan fingerprint density at radius 3 is 3.00 bits per heavy atom. The van der Waals surface area contributed by atoms with E-state index in [2.05, 4.69) is 27.4 Å². The van der Waals surface area contributed by atoms with Crippen LogP contribution < -0.4 is 10.1 Å². The molecule has 2 heterocycles. The normalized spacial score (nSPS) is 10.7. The number of nitrogens with one attached hydrogen (secondary N) is 1. The lowest BCUT2D eigenvalue weighted by Crippen LogP contribution is -2.16. The number of aromatic nitrogens is 3. The molecule has 0 atom stereocenters. The standard InChI is InChI=1S/C14H20N4OS/c1-3-8-15-9-5-7-12-17-18-14(20-12)11-6-4-10-16-13(11)19-2/h4,6,10,15H,3,5,7-9H2,1-2H3. The van der Waals surface area contributed by atoms with Crippen molar-refractivity contribution < 1.29 is 4.74 Å². The first-order valence-electron chi connectivity index (χ1n) is 6.87. The summed E-state index contributed by atoms with van der Waals surface area (Å²) in [4.78, 5) is 4.19. The summed E-state index contributed by atoms with van der Waals surface area (Å²) in [6.07, 6.45) is 4.92. The Labute approximate surface area is 123 Å². The summed E-state index contributed by atoms with van der Waals surface area (Å²) in [7, 11) is 1.62. The molecule has 0 spiro atoms. The molecule has 0 saturated carbocycles. The lowest BCUT2D eigenvalue weighted by Gasteiger charge is -2.02. The number of hydrogen-bond donors (Lipinski definition) is 1. The molecule has 20 heavy (non-hydrogen) atoms. The Bertz CT molecular complexity index is 529. The van der Waals surface area contributed by atoms with Gasteiger partial charge in [0, 0.05) is 12.6 Å². The van der Waals surface area contributed by atoms with E-state index < -0.39 is 0 Å². The number of nitrogens with zero attached hydrogens (tertiary/aromatic N) is 3. The smallest absolute Gasteiger partial charge is 0.223 e. The van der Waals surface area contributed by atoms with Gasteiger partial charge in [0.1, 0.15) is 5.01 Å². The first kappa shape index (κ1) is 14.9. The van der Waals surface area contributed by atoms with Gasteiger partial charge in [-0.2, -0.15) is 0 Å². The van der Waals surface area contributed by atoms with Crippen LogP contribution in [0.15, 0.2) is 18.3 Å². The Morgan fingerprint density at radius 1 is 1.30 bits per heavy atom. The van der Waals surface area contributed by atoms with Crippen LogP contribution in [0, 0.1) is 0 Å². The molecule has 0 aliphatic heterocycles. The second-order valence-corrected chi connectivity index (χ2v) is 5.48. The highest BCUT2D eigenvalue weighted by Crippen LogP contribution is 2.30. The van der Waals surface area contributed by atoms with Crippen LogP contribution in [0.2, 0.25) is 0 Å². The van der Waals surface area contributed by atoms with Crippen molar-refractivity contribution in [1.29, 1.82) is 0 Å². The zero-order valence-electron chi connectivity index (χ0n) is 11.9. The molecule has 6 heteroatoms. The molecule has 0 bridgehead atoms. The van der Waals surface area contributed by atoms with Gasteiger partial charge in [-0.05, 0) is 38.1 Å². The van der Waals surface area contributed by atoms with Gasteiger partial charge in [0.25, 0.3) is 0 Å². The molecule has 0 unspecified atom stereocenters. The highest BCUT2D eigenvalue weighted by Gasteiger charge is 2.11. The lowest BCUT2D eigenvalue weighted by atomic mass is 10.3. The van der Waals surface area contributed by atoms with E-state index in [1.165, 1.54) is 6.42 Å². The molecule has 0 aromatic carbocycles. The SMILES string of the molecule is CCCNCCCc1nnc(-c2cccnc2OC)s1. The number of hydrogen-bond acceptors (Lipinski definition) is 6. The quantitative estimate of drug-likeness (QED) is 0.758. The van der Waals surface area contributed by atoms with Gasteiger partial charge in [-0.25, -0.2) is 4.98 Å². The highest BCUT2D eigenvalue weighted by atomic mass is 32.1. The minimum atomic E-state index is 0.597. The van der Waals surface area contributed by atoms with Gasteiger partial charge >= 0.3 is 0 Å². The molecular weight excluding hydrogens is 272 g/mol. The number of aryl methyl sites for hydroxylation is 1. The van der Waals surface area contributed by atoms with Crippen molar-refractivity contribution in [2.45, 2.75) is 26.2 Å². The number of methoxy groups -OCH3 is 1. The minimum absolute atomic E-state index is 0.597. The highest BCUT2D eigenvalue weighted by molar-refractivity contribution is 7.14. The van der Waals surface area contributed by atoms with Crippen LogP contribution in [0.3, 0.4) is 0 Å². The molecule has 2 aromatic heterocycles. The average molecular weight is 292 g/mol. The van der Waals surface area contributed by atoms with Gasteiger partial charge in [-0.1, -0.05) is 18.3 Å². The maximum atomic E-state index is 5.25. The summed E-state index contributed by atoms with van der Waals surface area (Å²) in [6.45, 7) is 4.28. The molecule has 5 nitrogen and oxygen atoms in total. The zero-order chi connectivity index (χ0) is 14.2. The molecule has 0 aliphatic rings. The van der Waals surface area contributed by atoms with Crippen molar-refractivity contribution in [1.82, 2.24) is 20.5 Å². The van der Waals surface area contributed by atoms with Crippen molar-refractivity contribution in [2.75, 3.05) is 20.2 Å². The Hall–Kier alpha value is -1.53. The molecule has 2 aromatic rings. The van der Waals surface area contributed by atoms with Crippen molar-refractivity contribution in [3.8, 4) is 16.5 Å². The van der Waals surface area contributed by atoms with E-state index in [0.717, 1.165) is 41.5 Å². The lowest BCUT2D eigenvalue weighted by molar-refractivity contribution is 0.399. The van der Waals surface area contributed by atoms with Crippen molar-refractivity contribution in [3.05, 3.63) is 23.3 Å². The second-order valence-electron chi connectivity index (χ2n) is 4.41. The molecule has 0 radical (unpaired) electrons. The fourth-order valence-electron chi connectivity index (χ4n) is 1.85. The van der Waals surface area contributed by atoms with E-state index >= 15 is 0 Å². The van der Waals surface area contributed by atoms with E-state index in [0.29, 0.717) is 5.88 Å². The summed E-state index contributed by atoms with van der Waals surface area (Å²) >= 11 is 1.61. The molecule has 2 rings (SSSR count). The molecule has 108 valence electrons. The monoisotopic (exact) mass is 292 g/mol. The molecule has 0 saturated heterocycles. The topological polar surface area (TPSA) is 59.9 Å². The molecule has 0 fully saturated rings. The zero-order valence-corrected chi connectivity index (χ0v) is 12.7. The fourth-order valence-corrected chi connectivity index (χ4v) is 2.74. The van der Waals surface area contributed by atoms with E-state index in [1.54, 1.807) is 24.6 Å². The second kappa shape index (κ2) is 7.91. The van der Waals surface area contributed by atoms with E-state index in [4.69, 9.17) is 4.74 Å². The van der Waals surface area contributed by atoms with Gasteiger partial charge < -0.3 is 10.1 Å². The van der Waals surface area contributed by atoms with Crippen molar-refractivity contribution in [2.24, 2.45) is 0 Å². The molecule has 0 aliphatic carbocycles. The Morgan fingerprint density at radius 2 is 2.20 bits per heavy atom. The molecular formula is C14H20N4OS. The van der Waals surface area contributed by atoms with Crippen LogP contribution in [0.25, 0.3) is 10.6 Å². The Kier molecular flexibility index (Phi) is 5.88. The number of pyridine rings is 1. The predicted octanol–water partition coefficient (Wildman–Crippen LogP) is 2.54. The summed E-state index contributed by atoms with van der Waals surface area (Å²) in [6, 6.07) is 3.84. The first-order valence-corrected chi connectivity index (χ1v) is 7.69. The summed E-state index contributed by atoms with van der Waals surface area (Å²) in [5.74, 6) is 0.597. The van der Waals surface area contributed by atoms with E-state index in [-0.39, 0.29) is 0 Å². The van der Waals surface area contributed by atoms with Gasteiger partial charge in [0.05, 0.1) is 12.7 Å². The van der Waals surface area contributed by atoms with Crippen LogP contribution >= 0.6 is 11.3 Å². The summed E-state index contributed by atoms with van der Waals surface area (Å²) < 4.78 is 5.25. The van der Waals surface area contributed by atoms with Gasteiger partial charge in [0.15, 0.2) is 5.01 Å². The first-order chi connectivity index (χ1) is 9.85. The summed E-state index contributed by atoms with van der Waals surface area (Å²) in [5, 5.41) is 13.8. The van der Waals surface area contributed by atoms with Gasteiger partial charge in [-0.15, -0.1) is 10.2 Å². The third kappa shape index (κ3) is 3.98. The van der Waals surface area contributed by atoms with Crippen molar-refractivity contribution >= 4 is 11.3 Å². The van der Waals surface area contributed by atoms with Crippen LogP contribution in [-0.2, 0) is 6.42 Å². The third-order valence-electron chi connectivity index (χ3n) is 2.83. The van der Waals surface area contributed by atoms with Crippen LogP contribution in [-0.4, -0.2) is 35.4 Å².